The predicted octanol–water partition coefficient (Wildman–Crippen LogP) is 2.06. The number of furan rings is 1. The maximum Gasteiger partial charge on any atom is 0.339 e. The molecule has 2 heterocycles. The van der Waals surface area contributed by atoms with Crippen molar-refractivity contribution in [3.8, 4) is 0 Å². The van der Waals surface area contributed by atoms with E-state index < -0.39 is 26.0 Å². The Morgan fingerprint density at radius 1 is 1.03 bits per heavy atom. The largest absolute Gasteiger partial charge is 0.454 e. The first kappa shape index (κ1) is 22.5. The molecule has 0 N–H and O–H groups in total. The van der Waals surface area contributed by atoms with E-state index in [-0.39, 0.29) is 27.9 Å². The van der Waals surface area contributed by atoms with Gasteiger partial charge in [-0.15, -0.1) is 0 Å². The van der Waals surface area contributed by atoms with Gasteiger partial charge < -0.3 is 9.15 Å². The van der Waals surface area contributed by atoms with Crippen LogP contribution in [0.4, 0.5) is 0 Å². The second kappa shape index (κ2) is 8.88. The topological polar surface area (TPSA) is 114 Å². The maximum absolute atomic E-state index is 13.0. The summed E-state index contributed by atoms with van der Waals surface area (Å²) in [6, 6.07) is 8.55. The number of ether oxygens (including phenoxy) is 1. The summed E-state index contributed by atoms with van der Waals surface area (Å²) in [6.07, 6.45) is 2.54. The van der Waals surface area contributed by atoms with Gasteiger partial charge in [0.1, 0.15) is 12.4 Å². The summed E-state index contributed by atoms with van der Waals surface area (Å²) in [5.74, 6) is -0.709. The second-order valence-corrected chi connectivity index (χ2v) is 11.0. The molecule has 164 valence electrons. The van der Waals surface area contributed by atoms with Crippen LogP contribution in [0.25, 0.3) is 0 Å². The van der Waals surface area contributed by atoms with Gasteiger partial charge in [-0.05, 0) is 37.1 Å². The lowest BCUT2D eigenvalue weighted by molar-refractivity contribution is 0.0436. The van der Waals surface area contributed by atoms with Crippen LogP contribution in [-0.2, 0) is 31.4 Å². The van der Waals surface area contributed by atoms with Gasteiger partial charge in [-0.2, -0.15) is 4.31 Å². The average molecular weight is 457 g/mol. The molecule has 1 aromatic carbocycles. The van der Waals surface area contributed by atoms with Crippen molar-refractivity contribution in [2.24, 2.45) is 0 Å². The number of hydrogen-bond donors (Lipinski definition) is 0. The quantitative estimate of drug-likeness (QED) is 0.586. The Balaban J connectivity index is 1.77. The monoisotopic (exact) mass is 456 g/mol. The molecule has 0 bridgehead atoms. The minimum atomic E-state index is -3.82. The van der Waals surface area contributed by atoms with Gasteiger partial charge in [-0.25, -0.2) is 25.9 Å². The molecule has 1 fully saturated rings. The number of hydrogen-bond acceptors (Lipinski definition) is 7. The van der Waals surface area contributed by atoms with E-state index in [0.717, 1.165) is 23.6 Å². The van der Waals surface area contributed by atoms with E-state index in [9.17, 15) is 21.6 Å². The molecule has 9 nitrogen and oxygen atoms in total. The van der Waals surface area contributed by atoms with Crippen LogP contribution >= 0.6 is 0 Å². The average Bonchev–Trinajstić information content (AvgIpc) is 3.22. The van der Waals surface area contributed by atoms with E-state index in [1.165, 1.54) is 42.7 Å². The normalized spacial score (nSPS) is 16.0. The first-order valence-electron chi connectivity index (χ1n) is 9.41. The second-order valence-electron chi connectivity index (χ2n) is 7.05. The van der Waals surface area contributed by atoms with Crippen molar-refractivity contribution >= 4 is 26.0 Å². The van der Waals surface area contributed by atoms with Crippen molar-refractivity contribution in [1.82, 2.24) is 8.61 Å². The molecule has 2 aromatic rings. The molecule has 0 atom stereocenters. The fourth-order valence-electron chi connectivity index (χ4n) is 3.07. The van der Waals surface area contributed by atoms with E-state index in [1.807, 2.05) is 0 Å². The van der Waals surface area contributed by atoms with Gasteiger partial charge in [0.2, 0.25) is 15.1 Å². The van der Waals surface area contributed by atoms with E-state index >= 15 is 0 Å². The molecule has 0 radical (unpaired) electrons. The molecule has 1 saturated heterocycles. The zero-order chi connectivity index (χ0) is 21.9. The van der Waals surface area contributed by atoms with Crippen molar-refractivity contribution in [3.63, 3.8) is 0 Å². The van der Waals surface area contributed by atoms with Gasteiger partial charge in [-0.1, -0.05) is 18.6 Å². The molecule has 30 heavy (non-hydrogen) atoms. The Morgan fingerprint density at radius 2 is 1.70 bits per heavy atom. The lowest BCUT2D eigenvalue weighted by Crippen LogP contribution is -2.36. The molecular weight excluding hydrogens is 432 g/mol. The fourth-order valence-corrected chi connectivity index (χ4v) is 5.58. The van der Waals surface area contributed by atoms with Crippen molar-refractivity contribution in [1.29, 1.82) is 0 Å². The van der Waals surface area contributed by atoms with Gasteiger partial charge in [0.05, 0.1) is 10.5 Å². The first-order chi connectivity index (χ1) is 14.1. The predicted molar refractivity (Wildman–Crippen MR) is 108 cm³/mol. The van der Waals surface area contributed by atoms with Gasteiger partial charge in [-0.3, -0.25) is 0 Å². The van der Waals surface area contributed by atoms with Crippen LogP contribution in [0.5, 0.6) is 0 Å². The van der Waals surface area contributed by atoms with Crippen LogP contribution in [0.1, 0.15) is 35.4 Å². The summed E-state index contributed by atoms with van der Waals surface area (Å²) in [7, 11) is -4.82. The van der Waals surface area contributed by atoms with Gasteiger partial charge in [0, 0.05) is 27.2 Å². The molecule has 0 amide bonds. The third-order valence-corrected chi connectivity index (χ3v) is 8.40. The van der Waals surface area contributed by atoms with E-state index in [2.05, 4.69) is 0 Å². The summed E-state index contributed by atoms with van der Waals surface area (Å²) in [5, 5.41) is -0.272. The molecule has 0 aliphatic carbocycles. The number of carbonyl (C=O) groups is 1. The van der Waals surface area contributed by atoms with Gasteiger partial charge >= 0.3 is 5.97 Å². The summed E-state index contributed by atoms with van der Waals surface area (Å²) in [6.45, 7) is 0.502. The zero-order valence-electron chi connectivity index (χ0n) is 16.8. The minimum Gasteiger partial charge on any atom is -0.454 e. The number of esters is 1. The maximum atomic E-state index is 13.0. The number of benzene rings is 1. The lowest BCUT2D eigenvalue weighted by atomic mass is 10.2. The smallest absolute Gasteiger partial charge is 0.339 e. The highest BCUT2D eigenvalue weighted by molar-refractivity contribution is 7.89. The summed E-state index contributed by atoms with van der Waals surface area (Å²) in [5.41, 5.74) is -0.0734. The van der Waals surface area contributed by atoms with Crippen LogP contribution in [0, 0.1) is 0 Å². The SMILES string of the molecule is CN(C)S(=O)(=O)c1ccc(COC(=O)c2ccccc2S(=O)(=O)N2CCCCC2)o1. The van der Waals surface area contributed by atoms with Crippen LogP contribution in [0.3, 0.4) is 0 Å². The van der Waals surface area contributed by atoms with Gasteiger partial charge in [0.15, 0.2) is 0 Å². The fraction of sp³-hybridized carbons (Fsp3) is 0.421. The summed E-state index contributed by atoms with van der Waals surface area (Å²) >= 11 is 0. The number of piperidine rings is 1. The lowest BCUT2D eigenvalue weighted by Gasteiger charge is -2.26. The van der Waals surface area contributed by atoms with Crippen LogP contribution in [0.2, 0.25) is 0 Å². The Labute approximate surface area is 176 Å². The third kappa shape index (κ3) is 4.59. The minimum absolute atomic E-state index is 0.0734. The van der Waals surface area contributed by atoms with Crippen LogP contribution < -0.4 is 0 Å². The molecule has 0 saturated carbocycles. The molecule has 1 aliphatic rings. The van der Waals surface area contributed by atoms with Gasteiger partial charge in [0.25, 0.3) is 10.0 Å². The summed E-state index contributed by atoms with van der Waals surface area (Å²) in [4.78, 5) is 12.5. The molecule has 0 unspecified atom stereocenters. The van der Waals surface area contributed by atoms with Crippen LogP contribution in [-0.4, -0.2) is 58.6 Å². The molecule has 11 heteroatoms. The van der Waals surface area contributed by atoms with Crippen molar-refractivity contribution in [2.45, 2.75) is 35.9 Å². The number of carbonyl (C=O) groups excluding carboxylic acids is 1. The van der Waals surface area contributed by atoms with Crippen molar-refractivity contribution < 1.29 is 30.8 Å². The third-order valence-electron chi connectivity index (χ3n) is 4.76. The van der Waals surface area contributed by atoms with E-state index in [1.54, 1.807) is 12.1 Å². The standard InChI is InChI=1S/C19H24N2O7S2/c1-20(2)30(25,26)18-11-10-15(28-18)14-27-19(22)16-8-4-5-9-17(16)29(23,24)21-12-6-3-7-13-21/h4-5,8-11H,3,6-7,12-14H2,1-2H3. The Bertz CT molecular complexity index is 1120. The highest BCUT2D eigenvalue weighted by atomic mass is 32.2. The first-order valence-corrected chi connectivity index (χ1v) is 12.3. The van der Waals surface area contributed by atoms with Crippen molar-refractivity contribution in [3.05, 3.63) is 47.7 Å². The molecule has 1 aliphatic heterocycles. The number of nitrogens with zero attached hydrogens (tertiary/aromatic N) is 2. The van der Waals surface area contributed by atoms with E-state index in [4.69, 9.17) is 9.15 Å². The Hall–Kier alpha value is -2.21. The van der Waals surface area contributed by atoms with Crippen molar-refractivity contribution in [2.75, 3.05) is 27.2 Å². The zero-order valence-corrected chi connectivity index (χ0v) is 18.4. The molecular formula is C19H24N2O7S2. The Morgan fingerprint density at radius 3 is 2.37 bits per heavy atom. The highest BCUT2D eigenvalue weighted by Crippen LogP contribution is 2.25. The number of rotatable bonds is 7. The molecule has 3 rings (SSSR count). The highest BCUT2D eigenvalue weighted by Gasteiger charge is 2.30. The van der Waals surface area contributed by atoms with E-state index in [0.29, 0.717) is 13.1 Å². The molecule has 1 aromatic heterocycles. The molecule has 0 spiro atoms. The Kier molecular flexibility index (Phi) is 6.65. The number of sulfonamides is 2. The van der Waals surface area contributed by atoms with Crippen LogP contribution in [0.15, 0.2) is 50.8 Å². The summed E-state index contributed by atoms with van der Waals surface area (Å²) < 4.78 is 63.0.